The number of hydrogen-bond donors (Lipinski definition) is 1. The summed E-state index contributed by atoms with van der Waals surface area (Å²) in [5.41, 5.74) is 1.94. The van der Waals surface area contributed by atoms with E-state index in [9.17, 15) is 4.79 Å². The second kappa shape index (κ2) is 5.40. The lowest BCUT2D eigenvalue weighted by Crippen LogP contribution is -2.27. The molecule has 0 saturated carbocycles. The first-order chi connectivity index (χ1) is 9.84. The van der Waals surface area contributed by atoms with Crippen LogP contribution in [-0.4, -0.2) is 25.4 Å². The van der Waals surface area contributed by atoms with Gasteiger partial charge in [-0.1, -0.05) is 18.2 Å². The maximum Gasteiger partial charge on any atom is 0.327 e. The SMILES string of the molecule is O=C(NCc1ccccc1-n1cccn1)n1ccnc1. The van der Waals surface area contributed by atoms with Gasteiger partial charge in [0.05, 0.1) is 5.69 Å². The number of hydrogen-bond acceptors (Lipinski definition) is 3. The van der Waals surface area contributed by atoms with Crippen LogP contribution in [0.15, 0.2) is 61.4 Å². The smallest absolute Gasteiger partial charge is 0.327 e. The number of benzene rings is 1. The number of amides is 1. The lowest BCUT2D eigenvalue weighted by atomic mass is 10.2. The largest absolute Gasteiger partial charge is 0.333 e. The van der Waals surface area contributed by atoms with Crippen LogP contribution in [0.4, 0.5) is 4.79 Å². The molecule has 1 amide bonds. The highest BCUT2D eigenvalue weighted by Crippen LogP contribution is 2.13. The number of aromatic nitrogens is 4. The molecule has 0 unspecified atom stereocenters. The predicted molar refractivity (Wildman–Crippen MR) is 73.4 cm³/mol. The summed E-state index contributed by atoms with van der Waals surface area (Å²) < 4.78 is 3.18. The van der Waals surface area contributed by atoms with Crippen molar-refractivity contribution in [2.24, 2.45) is 0 Å². The van der Waals surface area contributed by atoms with E-state index in [0.717, 1.165) is 11.3 Å². The van der Waals surface area contributed by atoms with Crippen LogP contribution < -0.4 is 5.32 Å². The molecule has 3 aromatic rings. The van der Waals surface area contributed by atoms with Crippen LogP contribution in [0.5, 0.6) is 0 Å². The third kappa shape index (κ3) is 2.44. The molecule has 6 heteroatoms. The van der Waals surface area contributed by atoms with Gasteiger partial charge < -0.3 is 5.32 Å². The van der Waals surface area contributed by atoms with Gasteiger partial charge in [-0.05, 0) is 17.7 Å². The van der Waals surface area contributed by atoms with E-state index >= 15 is 0 Å². The predicted octanol–water partition coefficient (Wildman–Crippen LogP) is 1.83. The second-order valence-corrected chi connectivity index (χ2v) is 4.21. The monoisotopic (exact) mass is 267 g/mol. The maximum atomic E-state index is 11.9. The van der Waals surface area contributed by atoms with Crippen LogP contribution in [0.2, 0.25) is 0 Å². The molecule has 1 aromatic carbocycles. The fourth-order valence-corrected chi connectivity index (χ4v) is 1.94. The summed E-state index contributed by atoms with van der Waals surface area (Å²) in [4.78, 5) is 15.7. The topological polar surface area (TPSA) is 64.7 Å². The zero-order chi connectivity index (χ0) is 13.8. The number of para-hydroxylation sites is 1. The van der Waals surface area contributed by atoms with Crippen molar-refractivity contribution in [1.82, 2.24) is 24.6 Å². The molecule has 0 aliphatic rings. The lowest BCUT2D eigenvalue weighted by molar-refractivity contribution is 0.242. The molecular weight excluding hydrogens is 254 g/mol. The third-order valence-corrected chi connectivity index (χ3v) is 2.91. The average molecular weight is 267 g/mol. The zero-order valence-electron chi connectivity index (χ0n) is 10.7. The average Bonchev–Trinajstić information content (AvgIpc) is 3.17. The van der Waals surface area contributed by atoms with E-state index in [4.69, 9.17) is 0 Å². The Hall–Kier alpha value is -2.89. The molecule has 2 aromatic heterocycles. The lowest BCUT2D eigenvalue weighted by Gasteiger charge is -2.10. The van der Waals surface area contributed by atoms with E-state index in [-0.39, 0.29) is 6.03 Å². The van der Waals surface area contributed by atoms with Gasteiger partial charge in [0.2, 0.25) is 0 Å². The van der Waals surface area contributed by atoms with Crippen molar-refractivity contribution < 1.29 is 4.79 Å². The van der Waals surface area contributed by atoms with Crippen molar-refractivity contribution in [3.8, 4) is 5.69 Å². The van der Waals surface area contributed by atoms with Crippen LogP contribution in [-0.2, 0) is 6.54 Å². The van der Waals surface area contributed by atoms with Gasteiger partial charge >= 0.3 is 6.03 Å². The number of nitrogens with zero attached hydrogens (tertiary/aromatic N) is 4. The van der Waals surface area contributed by atoms with Crippen molar-refractivity contribution in [2.75, 3.05) is 0 Å². The van der Waals surface area contributed by atoms with Crippen molar-refractivity contribution in [2.45, 2.75) is 6.54 Å². The van der Waals surface area contributed by atoms with E-state index in [2.05, 4.69) is 15.4 Å². The summed E-state index contributed by atoms with van der Waals surface area (Å²) in [6.45, 7) is 0.424. The Morgan fingerprint density at radius 2 is 2.05 bits per heavy atom. The van der Waals surface area contributed by atoms with Crippen LogP contribution in [0.1, 0.15) is 5.56 Å². The first-order valence-electron chi connectivity index (χ1n) is 6.18. The molecule has 0 bridgehead atoms. The Labute approximate surface area is 115 Å². The minimum Gasteiger partial charge on any atom is -0.333 e. The number of carbonyl (C=O) groups is 1. The summed E-state index contributed by atoms with van der Waals surface area (Å²) in [5.74, 6) is 0. The molecule has 0 atom stereocenters. The number of rotatable bonds is 3. The summed E-state index contributed by atoms with van der Waals surface area (Å²) in [6.07, 6.45) is 8.23. The molecule has 2 heterocycles. The van der Waals surface area contributed by atoms with Gasteiger partial charge in [-0.15, -0.1) is 0 Å². The molecule has 0 fully saturated rings. The van der Waals surface area contributed by atoms with Crippen LogP contribution in [0.3, 0.4) is 0 Å². The molecule has 3 rings (SSSR count). The summed E-state index contributed by atoms with van der Waals surface area (Å²) >= 11 is 0. The maximum absolute atomic E-state index is 11.9. The fourth-order valence-electron chi connectivity index (χ4n) is 1.94. The molecule has 0 radical (unpaired) electrons. The van der Waals surface area contributed by atoms with E-state index in [1.165, 1.54) is 10.9 Å². The normalized spacial score (nSPS) is 10.4. The van der Waals surface area contributed by atoms with Crippen molar-refractivity contribution >= 4 is 6.03 Å². The standard InChI is InChI=1S/C14H13N5O/c20-14(18-9-7-15-11-18)16-10-12-4-1-2-5-13(12)19-8-3-6-17-19/h1-9,11H,10H2,(H,16,20). The second-order valence-electron chi connectivity index (χ2n) is 4.21. The molecule has 1 N–H and O–H groups in total. The first kappa shape index (κ1) is 12.2. The van der Waals surface area contributed by atoms with Crippen molar-refractivity contribution in [1.29, 1.82) is 0 Å². The Kier molecular flexibility index (Phi) is 3.28. The number of imidazole rings is 1. The van der Waals surface area contributed by atoms with Gasteiger partial charge in [0.15, 0.2) is 0 Å². The Bertz CT molecular complexity index is 688. The number of carbonyl (C=O) groups excluding carboxylic acids is 1. The molecule has 0 aliphatic heterocycles. The Morgan fingerprint density at radius 1 is 1.15 bits per heavy atom. The highest BCUT2D eigenvalue weighted by molar-refractivity contribution is 5.76. The molecular formula is C14H13N5O. The Balaban J connectivity index is 1.77. The zero-order valence-corrected chi connectivity index (χ0v) is 10.7. The molecule has 0 aliphatic carbocycles. The van der Waals surface area contributed by atoms with Gasteiger partial charge in [0.25, 0.3) is 0 Å². The van der Waals surface area contributed by atoms with Crippen molar-refractivity contribution in [3.63, 3.8) is 0 Å². The summed E-state index contributed by atoms with van der Waals surface area (Å²) in [7, 11) is 0. The molecule has 6 nitrogen and oxygen atoms in total. The van der Waals surface area contributed by atoms with Gasteiger partial charge in [0.1, 0.15) is 6.33 Å². The van der Waals surface area contributed by atoms with Crippen LogP contribution in [0, 0.1) is 0 Å². The van der Waals surface area contributed by atoms with Gasteiger partial charge in [0, 0.05) is 31.3 Å². The summed E-state index contributed by atoms with van der Waals surface area (Å²) in [5, 5.41) is 7.06. The minimum absolute atomic E-state index is 0.210. The van der Waals surface area contributed by atoms with E-state index in [1.807, 2.05) is 36.5 Å². The van der Waals surface area contributed by atoms with E-state index in [0.29, 0.717) is 6.54 Å². The van der Waals surface area contributed by atoms with Gasteiger partial charge in [-0.25, -0.2) is 14.5 Å². The van der Waals surface area contributed by atoms with E-state index in [1.54, 1.807) is 23.3 Å². The van der Waals surface area contributed by atoms with Crippen LogP contribution in [0.25, 0.3) is 5.69 Å². The Morgan fingerprint density at radius 3 is 2.80 bits per heavy atom. The van der Waals surface area contributed by atoms with Gasteiger partial charge in [-0.3, -0.25) is 4.57 Å². The number of nitrogens with one attached hydrogen (secondary N) is 1. The van der Waals surface area contributed by atoms with Gasteiger partial charge in [-0.2, -0.15) is 5.10 Å². The highest BCUT2D eigenvalue weighted by atomic mass is 16.2. The first-order valence-corrected chi connectivity index (χ1v) is 6.18. The fraction of sp³-hybridized carbons (Fsp3) is 0.0714. The molecule has 0 spiro atoms. The van der Waals surface area contributed by atoms with Crippen molar-refractivity contribution in [3.05, 3.63) is 67.0 Å². The molecule has 0 saturated heterocycles. The van der Waals surface area contributed by atoms with Crippen LogP contribution >= 0.6 is 0 Å². The molecule has 100 valence electrons. The summed E-state index contributed by atoms with van der Waals surface area (Å²) in [6, 6.07) is 9.46. The highest BCUT2D eigenvalue weighted by Gasteiger charge is 2.07. The quantitative estimate of drug-likeness (QED) is 0.787. The third-order valence-electron chi connectivity index (χ3n) is 2.91. The molecule has 20 heavy (non-hydrogen) atoms. The minimum atomic E-state index is -0.210. The van der Waals surface area contributed by atoms with E-state index < -0.39 is 0 Å².